The number of rotatable bonds is 9. The van der Waals surface area contributed by atoms with Gasteiger partial charge in [0.2, 0.25) is 0 Å². The normalized spacial score (nSPS) is 37.5. The van der Waals surface area contributed by atoms with Crippen molar-refractivity contribution in [2.45, 2.75) is 129 Å². The zero-order valence-electron chi connectivity index (χ0n) is 21.8. The number of aliphatic hydroxyl groups is 2. The van der Waals surface area contributed by atoms with Gasteiger partial charge in [-0.1, -0.05) is 56.9 Å². The molecule has 4 rings (SSSR count). The maximum Gasteiger partial charge on any atom is 0.0658 e. The van der Waals surface area contributed by atoms with E-state index >= 15 is 0 Å². The Labute approximate surface area is 203 Å². The van der Waals surface area contributed by atoms with E-state index in [9.17, 15) is 10.2 Å². The number of allylic oxidation sites excluding steroid dienone is 3. The molecule has 0 aromatic carbocycles. The van der Waals surface area contributed by atoms with Gasteiger partial charge in [-0.25, -0.2) is 0 Å². The van der Waals surface area contributed by atoms with Gasteiger partial charge in [0.25, 0.3) is 0 Å². The molecule has 4 saturated carbocycles. The molecule has 188 valence electrons. The Morgan fingerprint density at radius 3 is 2.36 bits per heavy atom. The number of aliphatic hydroxyl groups excluding tert-OH is 2. The minimum atomic E-state index is -0.360. The van der Waals surface area contributed by atoms with Crippen molar-refractivity contribution in [2.24, 2.45) is 28.6 Å². The van der Waals surface area contributed by atoms with Crippen LogP contribution < -0.4 is 0 Å². The van der Waals surface area contributed by atoms with Gasteiger partial charge >= 0.3 is 0 Å². The second-order valence-corrected chi connectivity index (χ2v) is 12.2. The first-order chi connectivity index (χ1) is 15.8. The number of ether oxygens (including phenoxy) is 1. The van der Waals surface area contributed by atoms with Crippen LogP contribution in [0.5, 0.6) is 0 Å². The minimum absolute atomic E-state index is 0.170. The summed E-state index contributed by atoms with van der Waals surface area (Å²) in [6.07, 6.45) is 19.2. The third-order valence-corrected chi connectivity index (χ3v) is 10.5. The van der Waals surface area contributed by atoms with Crippen molar-refractivity contribution < 1.29 is 14.9 Å². The predicted molar refractivity (Wildman–Crippen MR) is 136 cm³/mol. The number of hydrogen-bond acceptors (Lipinski definition) is 3. The van der Waals surface area contributed by atoms with Crippen molar-refractivity contribution in [3.63, 3.8) is 0 Å². The monoisotopic (exact) mass is 458 g/mol. The highest BCUT2D eigenvalue weighted by molar-refractivity contribution is 5.28. The lowest BCUT2D eigenvalue weighted by Crippen LogP contribution is -2.39. The first-order valence-corrected chi connectivity index (χ1v) is 14.2. The Kier molecular flexibility index (Phi) is 8.13. The Morgan fingerprint density at radius 1 is 1.03 bits per heavy atom. The van der Waals surface area contributed by atoms with E-state index in [1.165, 1.54) is 63.4 Å². The van der Waals surface area contributed by atoms with E-state index in [-0.39, 0.29) is 17.6 Å². The van der Waals surface area contributed by atoms with Crippen molar-refractivity contribution in [1.82, 2.24) is 0 Å². The summed E-state index contributed by atoms with van der Waals surface area (Å²) in [5, 5.41) is 21.2. The molecule has 33 heavy (non-hydrogen) atoms. The molecule has 0 amide bonds. The molecule has 0 aromatic rings. The second kappa shape index (κ2) is 10.5. The van der Waals surface area contributed by atoms with Gasteiger partial charge in [0.1, 0.15) is 0 Å². The van der Waals surface area contributed by atoms with Crippen LogP contribution in [-0.2, 0) is 4.74 Å². The minimum Gasteiger partial charge on any atom is -0.392 e. The van der Waals surface area contributed by atoms with Gasteiger partial charge in [-0.05, 0) is 101 Å². The Bertz CT molecular complexity index is 700. The van der Waals surface area contributed by atoms with Crippen molar-refractivity contribution in [3.05, 3.63) is 23.3 Å². The van der Waals surface area contributed by atoms with Gasteiger partial charge in [-0.3, -0.25) is 0 Å². The van der Waals surface area contributed by atoms with Crippen LogP contribution in [0.15, 0.2) is 23.3 Å². The van der Waals surface area contributed by atoms with Crippen molar-refractivity contribution in [1.29, 1.82) is 0 Å². The molecule has 0 saturated heterocycles. The Morgan fingerprint density at radius 2 is 1.73 bits per heavy atom. The fraction of sp³-hybridized carbons (Fsp3) is 0.867. The Hall–Kier alpha value is -0.640. The van der Waals surface area contributed by atoms with Crippen LogP contribution in [0.1, 0.15) is 111 Å². The summed E-state index contributed by atoms with van der Waals surface area (Å²) < 4.78 is 6.43. The van der Waals surface area contributed by atoms with Crippen LogP contribution >= 0.6 is 0 Å². The van der Waals surface area contributed by atoms with Gasteiger partial charge in [0.05, 0.1) is 18.3 Å². The summed E-state index contributed by atoms with van der Waals surface area (Å²) >= 11 is 0. The first-order valence-electron chi connectivity index (χ1n) is 14.2. The van der Waals surface area contributed by atoms with E-state index in [0.717, 1.165) is 38.2 Å². The van der Waals surface area contributed by atoms with E-state index in [2.05, 4.69) is 39.8 Å². The summed E-state index contributed by atoms with van der Waals surface area (Å²) in [5.41, 5.74) is 3.02. The molecule has 0 heterocycles. The van der Waals surface area contributed by atoms with Crippen LogP contribution in [0.4, 0.5) is 0 Å². The summed E-state index contributed by atoms with van der Waals surface area (Å²) in [6.45, 7) is 10.4. The molecule has 4 aliphatic carbocycles. The fourth-order valence-electron chi connectivity index (χ4n) is 7.89. The molecule has 2 N–H and O–H groups in total. The zero-order valence-corrected chi connectivity index (χ0v) is 21.8. The van der Waals surface area contributed by atoms with E-state index < -0.39 is 0 Å². The van der Waals surface area contributed by atoms with Crippen LogP contribution in [-0.4, -0.2) is 35.1 Å². The van der Waals surface area contributed by atoms with Gasteiger partial charge < -0.3 is 14.9 Å². The number of fused-ring (bicyclic) bond motifs is 1. The van der Waals surface area contributed by atoms with E-state index in [1.807, 2.05) is 0 Å². The Balaban J connectivity index is 1.35. The molecule has 0 aromatic heterocycles. The lowest BCUT2D eigenvalue weighted by Gasteiger charge is -2.44. The standard InChI is InChI=1S/C30H50O3/c1-5-22(6-2)9-8-18-33-21(3)25-13-14-26-24(10-7-15-29(25,26)4)12-11-23-19-27(31)30(16-17-30)28(32)20-23/h11-12,21-22,25-28,31-32H,5-10,13-20H2,1-4H3/t21-,25-,26?,27-,28-,29-/m1/s1. The molecule has 1 unspecified atom stereocenters. The quantitative estimate of drug-likeness (QED) is 0.367. The average Bonchev–Trinajstić information content (AvgIpc) is 3.52. The average molecular weight is 459 g/mol. The molecule has 0 aliphatic heterocycles. The second-order valence-electron chi connectivity index (χ2n) is 12.2. The molecule has 4 fully saturated rings. The molecule has 0 radical (unpaired) electrons. The lowest BCUT2D eigenvalue weighted by molar-refractivity contribution is -0.0269. The predicted octanol–water partition coefficient (Wildman–Crippen LogP) is 6.97. The SMILES string of the molecule is CCC(CC)CCCO[C@H](C)[C@H]1CCC2C(=CC=C3C[C@@H](O)C4(CC4)[C@H](O)C3)CCC[C@@]21C. The van der Waals surface area contributed by atoms with Gasteiger partial charge in [0, 0.05) is 12.0 Å². The molecule has 6 atom stereocenters. The maximum absolute atomic E-state index is 10.6. The summed E-state index contributed by atoms with van der Waals surface area (Å²) in [5.74, 6) is 2.18. The van der Waals surface area contributed by atoms with Gasteiger partial charge in [-0.2, -0.15) is 0 Å². The zero-order chi connectivity index (χ0) is 23.6. The van der Waals surface area contributed by atoms with Gasteiger partial charge in [0.15, 0.2) is 0 Å². The highest BCUT2D eigenvalue weighted by Gasteiger charge is 2.56. The molecular weight excluding hydrogens is 408 g/mol. The van der Waals surface area contributed by atoms with Gasteiger partial charge in [-0.15, -0.1) is 0 Å². The van der Waals surface area contributed by atoms with E-state index in [4.69, 9.17) is 4.74 Å². The van der Waals surface area contributed by atoms with Crippen LogP contribution in [0.3, 0.4) is 0 Å². The molecule has 3 heteroatoms. The van der Waals surface area contributed by atoms with Crippen LogP contribution in [0, 0.1) is 28.6 Å². The fourth-order valence-corrected chi connectivity index (χ4v) is 7.89. The first kappa shape index (κ1) is 25.5. The van der Waals surface area contributed by atoms with Crippen molar-refractivity contribution in [2.75, 3.05) is 6.61 Å². The van der Waals surface area contributed by atoms with Crippen molar-refractivity contribution in [3.8, 4) is 0 Å². The lowest BCUT2D eigenvalue weighted by atomic mass is 9.62. The number of hydrogen-bond donors (Lipinski definition) is 2. The molecule has 1 spiro atoms. The summed E-state index contributed by atoms with van der Waals surface area (Å²) in [7, 11) is 0. The summed E-state index contributed by atoms with van der Waals surface area (Å²) in [4.78, 5) is 0. The molecule has 0 bridgehead atoms. The van der Waals surface area contributed by atoms with Crippen LogP contribution in [0.25, 0.3) is 0 Å². The van der Waals surface area contributed by atoms with Crippen LogP contribution in [0.2, 0.25) is 0 Å². The molecule has 3 nitrogen and oxygen atoms in total. The maximum atomic E-state index is 10.6. The highest BCUT2D eigenvalue weighted by Crippen LogP contribution is 2.59. The van der Waals surface area contributed by atoms with E-state index in [1.54, 1.807) is 5.57 Å². The molecular formula is C30H50O3. The molecule has 4 aliphatic rings. The third-order valence-electron chi connectivity index (χ3n) is 10.5. The largest absolute Gasteiger partial charge is 0.392 e. The topological polar surface area (TPSA) is 49.7 Å². The highest BCUT2D eigenvalue weighted by atomic mass is 16.5. The van der Waals surface area contributed by atoms with Crippen molar-refractivity contribution >= 4 is 0 Å². The third kappa shape index (κ3) is 5.16. The van der Waals surface area contributed by atoms with E-state index in [0.29, 0.717) is 23.4 Å². The smallest absolute Gasteiger partial charge is 0.0658 e. The summed E-state index contributed by atoms with van der Waals surface area (Å²) in [6, 6.07) is 0.